The van der Waals surface area contributed by atoms with Crippen molar-refractivity contribution in [3.05, 3.63) is 0 Å². The Kier molecular flexibility index (Phi) is 6.50. The van der Waals surface area contributed by atoms with Gasteiger partial charge in [-0.15, -0.1) is 0 Å². The van der Waals surface area contributed by atoms with Crippen molar-refractivity contribution in [2.45, 2.75) is 19.1 Å². The first kappa shape index (κ1) is 11.8. The molecule has 0 aromatic heterocycles. The zero-order chi connectivity index (χ0) is 6.73. The van der Waals surface area contributed by atoms with Gasteiger partial charge in [0.05, 0.1) is 6.10 Å². The summed E-state index contributed by atoms with van der Waals surface area (Å²) in [5.74, 6) is -1.18. The zero-order valence-electron chi connectivity index (χ0n) is 5.03. The maximum absolute atomic E-state index is 9.86. The fraction of sp³-hybridized carbons (Fsp3) is 0.750. The van der Waals surface area contributed by atoms with Gasteiger partial charge in [0, 0.05) is 21.7 Å². The molecule has 4 N–H and O–H groups in total. The van der Waals surface area contributed by atoms with Gasteiger partial charge in [-0.1, -0.05) is 0 Å². The molecule has 0 unspecified atom stereocenters. The number of hydrogen-bond donors (Lipinski definition) is 3. The van der Waals surface area contributed by atoms with Crippen LogP contribution in [-0.2, 0) is 26.5 Å². The molecule has 0 spiro atoms. The summed E-state index contributed by atoms with van der Waals surface area (Å²) in [6, 6.07) is -1.16. The van der Waals surface area contributed by atoms with E-state index in [9.17, 15) is 4.79 Å². The summed E-state index contributed by atoms with van der Waals surface area (Å²) in [6.07, 6.45) is -0.979. The largest absolute Gasteiger partial charge is 0.480 e. The average molecular weight is 167 g/mol. The molecule has 0 heterocycles. The molecular formula is C4H9NO3Ti. The predicted octanol–water partition coefficient (Wildman–Crippen LogP) is -1.22. The van der Waals surface area contributed by atoms with Crippen molar-refractivity contribution in [3.63, 3.8) is 0 Å². The standard InChI is InChI=1S/C4H9NO3.Ti/c1-2(6)3(5)4(7)8;/h2-3,6H,5H2,1H3,(H,7,8);/t2-,3+;/m1./s1. The van der Waals surface area contributed by atoms with Gasteiger partial charge in [-0.3, -0.25) is 4.79 Å². The van der Waals surface area contributed by atoms with E-state index in [0.717, 1.165) is 0 Å². The van der Waals surface area contributed by atoms with E-state index in [4.69, 9.17) is 15.9 Å². The number of hydrogen-bond acceptors (Lipinski definition) is 3. The van der Waals surface area contributed by atoms with Gasteiger partial charge in [0.15, 0.2) is 0 Å². The van der Waals surface area contributed by atoms with Crippen LogP contribution in [-0.4, -0.2) is 28.3 Å². The number of rotatable bonds is 2. The molecular weight excluding hydrogens is 158 g/mol. The number of aliphatic hydroxyl groups is 1. The van der Waals surface area contributed by atoms with Gasteiger partial charge in [-0.2, -0.15) is 0 Å². The van der Waals surface area contributed by atoms with E-state index >= 15 is 0 Å². The third-order valence-electron chi connectivity index (χ3n) is 0.805. The molecule has 0 aromatic carbocycles. The molecule has 0 aliphatic carbocycles. The van der Waals surface area contributed by atoms with Crippen LogP contribution < -0.4 is 5.73 Å². The first-order valence-corrected chi connectivity index (χ1v) is 2.22. The molecule has 2 atom stereocenters. The Balaban J connectivity index is 0. The zero-order valence-corrected chi connectivity index (χ0v) is 6.60. The van der Waals surface area contributed by atoms with Gasteiger partial charge in [0.25, 0.3) is 0 Å². The van der Waals surface area contributed by atoms with Crippen LogP contribution in [0.3, 0.4) is 0 Å². The van der Waals surface area contributed by atoms with Crippen molar-refractivity contribution >= 4 is 5.97 Å². The van der Waals surface area contributed by atoms with Gasteiger partial charge in [-0.05, 0) is 6.92 Å². The molecule has 0 amide bonds. The quantitative estimate of drug-likeness (QED) is 0.450. The molecule has 0 aliphatic heterocycles. The van der Waals surface area contributed by atoms with Gasteiger partial charge in [0.1, 0.15) is 6.04 Å². The van der Waals surface area contributed by atoms with Gasteiger partial charge >= 0.3 is 5.97 Å². The summed E-state index contributed by atoms with van der Waals surface area (Å²) in [4.78, 5) is 9.86. The summed E-state index contributed by atoms with van der Waals surface area (Å²) in [6.45, 7) is 1.33. The first-order valence-electron chi connectivity index (χ1n) is 2.22. The van der Waals surface area contributed by atoms with Crippen molar-refractivity contribution in [3.8, 4) is 0 Å². The van der Waals surface area contributed by atoms with Crippen LogP contribution in [0.5, 0.6) is 0 Å². The van der Waals surface area contributed by atoms with Crippen LogP contribution in [0, 0.1) is 0 Å². The van der Waals surface area contributed by atoms with Crippen LogP contribution in [0.2, 0.25) is 0 Å². The van der Waals surface area contributed by atoms with E-state index < -0.39 is 18.1 Å². The number of carboxylic acids is 1. The van der Waals surface area contributed by atoms with Crippen LogP contribution in [0.15, 0.2) is 0 Å². The second-order valence-electron chi connectivity index (χ2n) is 1.60. The van der Waals surface area contributed by atoms with E-state index in [-0.39, 0.29) is 21.7 Å². The molecule has 0 saturated heterocycles. The minimum Gasteiger partial charge on any atom is -0.480 e. The second-order valence-corrected chi connectivity index (χ2v) is 1.60. The van der Waals surface area contributed by atoms with Crippen molar-refractivity contribution in [1.82, 2.24) is 0 Å². The molecule has 9 heavy (non-hydrogen) atoms. The summed E-state index contributed by atoms with van der Waals surface area (Å²) in [5, 5.41) is 16.6. The van der Waals surface area contributed by atoms with E-state index in [1.807, 2.05) is 0 Å². The molecule has 0 aliphatic rings. The Labute approximate surface area is 67.9 Å². The summed E-state index contributed by atoms with van der Waals surface area (Å²) in [7, 11) is 0. The molecule has 0 radical (unpaired) electrons. The number of aliphatic carboxylic acids is 1. The van der Waals surface area contributed by atoms with Crippen molar-refractivity contribution in [2.75, 3.05) is 0 Å². The van der Waals surface area contributed by atoms with Crippen LogP contribution in [0.25, 0.3) is 0 Å². The Morgan fingerprint density at radius 2 is 2.00 bits per heavy atom. The fourth-order valence-corrected chi connectivity index (χ4v) is 0.206. The normalized spacial score (nSPS) is 15.4. The van der Waals surface area contributed by atoms with E-state index in [1.54, 1.807) is 0 Å². The molecule has 0 saturated carbocycles. The third-order valence-corrected chi connectivity index (χ3v) is 0.805. The van der Waals surface area contributed by atoms with Crippen LogP contribution in [0.1, 0.15) is 6.92 Å². The minimum absolute atomic E-state index is 0. The van der Waals surface area contributed by atoms with Crippen molar-refractivity contribution < 1.29 is 36.7 Å². The number of aliphatic hydroxyl groups excluding tert-OH is 1. The Hall–Kier alpha value is 0.104. The molecule has 5 heteroatoms. The molecule has 4 nitrogen and oxygen atoms in total. The molecule has 52 valence electrons. The van der Waals surface area contributed by atoms with Gasteiger partial charge in [-0.25, -0.2) is 0 Å². The Bertz CT molecular complexity index is 95.8. The van der Waals surface area contributed by atoms with E-state index in [2.05, 4.69) is 0 Å². The Morgan fingerprint density at radius 3 is 2.00 bits per heavy atom. The van der Waals surface area contributed by atoms with Gasteiger partial charge in [0.2, 0.25) is 0 Å². The maximum atomic E-state index is 9.86. The summed E-state index contributed by atoms with van der Waals surface area (Å²) >= 11 is 0. The molecule has 0 bridgehead atoms. The third kappa shape index (κ3) is 4.60. The molecule has 0 rings (SSSR count). The fourth-order valence-electron chi connectivity index (χ4n) is 0.206. The number of carboxylic acid groups (broad SMARTS) is 1. The monoisotopic (exact) mass is 167 g/mol. The van der Waals surface area contributed by atoms with Gasteiger partial charge < -0.3 is 15.9 Å². The predicted molar refractivity (Wildman–Crippen MR) is 27.3 cm³/mol. The molecule has 0 fully saturated rings. The van der Waals surface area contributed by atoms with E-state index in [1.165, 1.54) is 6.92 Å². The smallest absolute Gasteiger partial charge is 0.323 e. The van der Waals surface area contributed by atoms with Crippen LogP contribution >= 0.6 is 0 Å². The van der Waals surface area contributed by atoms with E-state index in [0.29, 0.717) is 0 Å². The SMILES string of the molecule is C[C@@H](O)[C@H](N)C(=O)O.[Ti]. The number of nitrogens with two attached hydrogens (primary N) is 1. The van der Waals surface area contributed by atoms with Crippen LogP contribution in [0.4, 0.5) is 0 Å². The van der Waals surface area contributed by atoms with Crippen molar-refractivity contribution in [1.29, 1.82) is 0 Å². The summed E-state index contributed by atoms with van der Waals surface area (Å²) in [5.41, 5.74) is 4.91. The topological polar surface area (TPSA) is 83.5 Å². The minimum atomic E-state index is -1.18. The second kappa shape index (κ2) is 4.93. The summed E-state index contributed by atoms with van der Waals surface area (Å²) < 4.78 is 0. The average Bonchev–Trinajstić information content (AvgIpc) is 1.64. The first-order chi connectivity index (χ1) is 3.55. The number of carbonyl (C=O) groups is 1. The molecule has 0 aromatic rings. The van der Waals surface area contributed by atoms with Crippen molar-refractivity contribution in [2.24, 2.45) is 5.73 Å². The maximum Gasteiger partial charge on any atom is 0.323 e. The Morgan fingerprint density at radius 1 is 1.67 bits per heavy atom.